The van der Waals surface area contributed by atoms with Gasteiger partial charge in [-0.25, -0.2) is 9.97 Å². The summed E-state index contributed by atoms with van der Waals surface area (Å²) in [5, 5.41) is 4.72. The van der Waals surface area contributed by atoms with Gasteiger partial charge in [-0.1, -0.05) is 152 Å². The Hall–Kier alpha value is -7.38. The number of hydrogen-bond donors (Lipinski definition) is 0. The predicted molar refractivity (Wildman–Crippen MR) is 231 cm³/mol. The average molecular weight is 734 g/mol. The van der Waals surface area contributed by atoms with Gasteiger partial charge in [0, 0.05) is 44.2 Å². The second-order valence-corrected chi connectivity index (χ2v) is 15.0. The van der Waals surface area contributed by atoms with E-state index in [1.807, 2.05) is 24.3 Å². The number of fused-ring (bicyclic) bond motifs is 10. The molecule has 3 unspecified atom stereocenters. The molecule has 7 heteroatoms. The SMILES string of the molecule is C1=CCC(n2c3ccccc3c3ccc4c5ccccc5n(-c5nc(-c6ccccc6)nc(-c6cccc(N7c8ccccc8C8C=CC=CC87)n6)n5)c4c32)C=C1. The fourth-order valence-electron chi connectivity index (χ4n) is 9.38. The third-order valence-corrected chi connectivity index (χ3v) is 11.8. The van der Waals surface area contributed by atoms with Crippen molar-refractivity contribution < 1.29 is 0 Å². The number of allylic oxidation sites excluding steroid dienone is 6. The molecule has 3 aliphatic rings. The van der Waals surface area contributed by atoms with Gasteiger partial charge in [-0.3, -0.25) is 4.57 Å². The Labute approximate surface area is 328 Å². The lowest BCUT2D eigenvalue weighted by Crippen LogP contribution is -2.29. The Kier molecular flexibility index (Phi) is 7.04. The van der Waals surface area contributed by atoms with E-state index in [0.717, 1.165) is 45.1 Å². The molecule has 0 radical (unpaired) electrons. The van der Waals surface area contributed by atoms with Crippen LogP contribution in [0.4, 0.5) is 11.5 Å². The van der Waals surface area contributed by atoms with E-state index >= 15 is 0 Å². The number of hydrogen-bond acceptors (Lipinski definition) is 5. The van der Waals surface area contributed by atoms with Gasteiger partial charge in [0.05, 0.1) is 28.6 Å². The minimum Gasteiger partial charge on any atom is -0.331 e. The third kappa shape index (κ3) is 4.85. The zero-order chi connectivity index (χ0) is 37.5. The first-order valence-corrected chi connectivity index (χ1v) is 19.6. The first kappa shape index (κ1) is 31.9. The van der Waals surface area contributed by atoms with Gasteiger partial charge in [0.1, 0.15) is 11.5 Å². The van der Waals surface area contributed by atoms with E-state index in [9.17, 15) is 0 Å². The van der Waals surface area contributed by atoms with Crippen molar-refractivity contribution in [2.24, 2.45) is 0 Å². The molecule has 0 spiro atoms. The van der Waals surface area contributed by atoms with E-state index in [1.54, 1.807) is 0 Å². The van der Waals surface area contributed by atoms with E-state index in [1.165, 1.54) is 27.5 Å². The second kappa shape index (κ2) is 12.6. The summed E-state index contributed by atoms with van der Waals surface area (Å²) in [5.41, 5.74) is 8.54. The van der Waals surface area contributed by atoms with Gasteiger partial charge in [-0.15, -0.1) is 0 Å². The smallest absolute Gasteiger partial charge is 0.238 e. The van der Waals surface area contributed by atoms with Crippen LogP contribution < -0.4 is 4.90 Å². The van der Waals surface area contributed by atoms with Crippen LogP contribution in [0.1, 0.15) is 23.9 Å². The first-order chi connectivity index (χ1) is 28.3. The molecule has 0 N–H and O–H groups in total. The van der Waals surface area contributed by atoms with E-state index in [0.29, 0.717) is 23.3 Å². The molecule has 2 aliphatic carbocycles. The molecule has 1 aliphatic heterocycles. The standard InChI is InChI=1S/C50H35N7/c1-3-16-32(17-4-1)48-52-49(40-24-15-29-45(51-40)56-42-26-12-7-20-34(42)35-21-8-13-27-43(35)56)54-50(53-48)57-44-28-14-10-23-37(44)39-31-30-38-36-22-9-11-25-41(36)55(46(38)47(39)57)33-18-5-2-6-19-33/h1-18,20-31,33-34,42H,19H2. The summed E-state index contributed by atoms with van der Waals surface area (Å²) in [6.45, 7) is 0. The van der Waals surface area contributed by atoms with Crippen LogP contribution in [0.2, 0.25) is 0 Å². The van der Waals surface area contributed by atoms with Gasteiger partial charge >= 0.3 is 0 Å². The van der Waals surface area contributed by atoms with Crippen molar-refractivity contribution in [3.63, 3.8) is 0 Å². The monoisotopic (exact) mass is 733 g/mol. The highest BCUT2D eigenvalue weighted by atomic mass is 15.3. The highest BCUT2D eigenvalue weighted by Gasteiger charge is 2.38. The third-order valence-electron chi connectivity index (χ3n) is 11.8. The van der Waals surface area contributed by atoms with Crippen LogP contribution in [-0.2, 0) is 0 Å². The molecule has 57 heavy (non-hydrogen) atoms. The summed E-state index contributed by atoms with van der Waals surface area (Å²) in [5.74, 6) is 2.77. The van der Waals surface area contributed by atoms with E-state index in [4.69, 9.17) is 19.9 Å². The molecule has 12 rings (SSSR count). The highest BCUT2D eigenvalue weighted by molar-refractivity contribution is 6.23. The van der Waals surface area contributed by atoms with Crippen LogP contribution in [-0.4, -0.2) is 35.1 Å². The lowest BCUT2D eigenvalue weighted by Gasteiger charge is -2.27. The first-order valence-electron chi connectivity index (χ1n) is 19.6. The van der Waals surface area contributed by atoms with Crippen molar-refractivity contribution in [1.29, 1.82) is 0 Å². The quantitative estimate of drug-likeness (QED) is 0.176. The molecule has 3 atom stereocenters. The van der Waals surface area contributed by atoms with Crippen molar-refractivity contribution in [2.45, 2.75) is 24.4 Å². The Bertz CT molecular complexity index is 3200. The zero-order valence-electron chi connectivity index (χ0n) is 30.9. The zero-order valence-corrected chi connectivity index (χ0v) is 30.9. The largest absolute Gasteiger partial charge is 0.331 e. The number of nitrogens with zero attached hydrogens (tertiary/aromatic N) is 7. The van der Waals surface area contributed by atoms with Crippen molar-refractivity contribution in [1.82, 2.24) is 29.1 Å². The molecule has 0 saturated heterocycles. The molecule has 0 amide bonds. The predicted octanol–water partition coefficient (Wildman–Crippen LogP) is 11.6. The van der Waals surface area contributed by atoms with Crippen molar-refractivity contribution in [3.8, 4) is 28.9 Å². The average Bonchev–Trinajstić information content (AvgIpc) is 3.93. The molecule has 7 nitrogen and oxygen atoms in total. The van der Waals surface area contributed by atoms with Gasteiger partial charge in [-0.2, -0.15) is 9.97 Å². The van der Waals surface area contributed by atoms with E-state index < -0.39 is 0 Å². The van der Waals surface area contributed by atoms with Crippen molar-refractivity contribution >= 4 is 55.1 Å². The van der Waals surface area contributed by atoms with Gasteiger partial charge < -0.3 is 9.47 Å². The Morgan fingerprint density at radius 3 is 2.09 bits per heavy atom. The number of benzene rings is 5. The fraction of sp³-hybridized carbons (Fsp3) is 0.0800. The molecule has 9 aromatic rings. The van der Waals surface area contributed by atoms with Crippen LogP contribution in [0.5, 0.6) is 0 Å². The Morgan fingerprint density at radius 1 is 0.509 bits per heavy atom. The Morgan fingerprint density at radius 2 is 1.23 bits per heavy atom. The number of anilines is 2. The summed E-state index contributed by atoms with van der Waals surface area (Å²) in [6, 6.07) is 47.2. The van der Waals surface area contributed by atoms with Gasteiger partial charge in [0.25, 0.3) is 0 Å². The molecular weight excluding hydrogens is 699 g/mol. The maximum atomic E-state index is 5.37. The van der Waals surface area contributed by atoms with Crippen LogP contribution in [0.15, 0.2) is 182 Å². The molecule has 4 aromatic heterocycles. The normalized spacial score (nSPS) is 18.3. The van der Waals surface area contributed by atoms with Crippen molar-refractivity contribution in [3.05, 3.63) is 188 Å². The van der Waals surface area contributed by atoms with Crippen LogP contribution in [0, 0.1) is 0 Å². The second-order valence-electron chi connectivity index (χ2n) is 15.0. The van der Waals surface area contributed by atoms with E-state index in [2.05, 4.69) is 172 Å². The summed E-state index contributed by atoms with van der Waals surface area (Å²) in [4.78, 5) is 23.5. The Balaban J connectivity index is 1.13. The van der Waals surface area contributed by atoms with Gasteiger partial charge in [0.2, 0.25) is 5.95 Å². The fourth-order valence-corrected chi connectivity index (χ4v) is 9.38. The molecule has 5 aromatic carbocycles. The highest BCUT2D eigenvalue weighted by Crippen LogP contribution is 2.47. The summed E-state index contributed by atoms with van der Waals surface area (Å²) in [6.07, 6.45) is 18.6. The van der Waals surface area contributed by atoms with E-state index in [-0.39, 0.29) is 18.0 Å². The van der Waals surface area contributed by atoms with Crippen LogP contribution >= 0.6 is 0 Å². The summed E-state index contributed by atoms with van der Waals surface area (Å²) >= 11 is 0. The molecule has 270 valence electrons. The van der Waals surface area contributed by atoms with Gasteiger partial charge in [-0.05, 0) is 42.3 Å². The molecule has 0 saturated carbocycles. The minimum atomic E-state index is 0.130. The molecule has 5 heterocycles. The minimum absolute atomic E-state index is 0.130. The molecular formula is C50H35N7. The van der Waals surface area contributed by atoms with Crippen LogP contribution in [0.25, 0.3) is 72.5 Å². The van der Waals surface area contributed by atoms with Crippen LogP contribution in [0.3, 0.4) is 0 Å². The maximum absolute atomic E-state index is 5.37. The number of pyridine rings is 1. The lowest BCUT2D eigenvalue weighted by atomic mass is 9.91. The van der Waals surface area contributed by atoms with Crippen molar-refractivity contribution in [2.75, 3.05) is 4.90 Å². The van der Waals surface area contributed by atoms with Gasteiger partial charge in [0.15, 0.2) is 11.6 Å². The molecule has 0 fully saturated rings. The number of rotatable bonds is 5. The lowest BCUT2D eigenvalue weighted by molar-refractivity contribution is 0.648. The number of aromatic nitrogens is 6. The number of para-hydroxylation sites is 3. The topological polar surface area (TPSA) is 64.7 Å². The summed E-state index contributed by atoms with van der Waals surface area (Å²) in [7, 11) is 0. The maximum Gasteiger partial charge on any atom is 0.238 e. The molecule has 0 bridgehead atoms. The summed E-state index contributed by atoms with van der Waals surface area (Å²) < 4.78 is 4.77.